The highest BCUT2D eigenvalue weighted by atomic mass is 16.6. The van der Waals surface area contributed by atoms with Gasteiger partial charge in [-0.2, -0.15) is 0 Å². The maximum atomic E-state index is 10.9. The minimum atomic E-state index is -0.432. The van der Waals surface area contributed by atoms with Gasteiger partial charge in [0.05, 0.1) is 29.7 Å². The molecule has 0 amide bonds. The Morgan fingerprint density at radius 2 is 2.16 bits per heavy atom. The molecular weight excluding hydrogens is 248 g/mol. The SMILES string of the molecule is CCCC(COC)Nc1cc([N+](=O)[O-])cc(NC)n1. The van der Waals surface area contributed by atoms with Crippen LogP contribution >= 0.6 is 0 Å². The van der Waals surface area contributed by atoms with Crippen molar-refractivity contribution in [3.63, 3.8) is 0 Å². The quantitative estimate of drug-likeness (QED) is 0.555. The van der Waals surface area contributed by atoms with Crippen molar-refractivity contribution < 1.29 is 9.66 Å². The second-order valence-corrected chi connectivity index (χ2v) is 4.19. The van der Waals surface area contributed by atoms with Gasteiger partial charge >= 0.3 is 0 Å². The van der Waals surface area contributed by atoms with E-state index in [1.165, 1.54) is 12.1 Å². The Morgan fingerprint density at radius 3 is 2.68 bits per heavy atom. The van der Waals surface area contributed by atoms with E-state index in [-0.39, 0.29) is 11.7 Å². The summed E-state index contributed by atoms with van der Waals surface area (Å²) in [4.78, 5) is 14.7. The summed E-state index contributed by atoms with van der Waals surface area (Å²) in [5.74, 6) is 0.943. The molecule has 1 aromatic rings. The summed E-state index contributed by atoms with van der Waals surface area (Å²) in [5.41, 5.74) is 0.00881. The van der Waals surface area contributed by atoms with Crippen LogP contribution in [0.3, 0.4) is 0 Å². The van der Waals surface area contributed by atoms with Crippen LogP contribution in [-0.2, 0) is 4.74 Å². The van der Waals surface area contributed by atoms with E-state index in [1.54, 1.807) is 14.2 Å². The number of anilines is 2. The van der Waals surface area contributed by atoms with Gasteiger partial charge < -0.3 is 15.4 Å². The summed E-state index contributed by atoms with van der Waals surface area (Å²) in [6.07, 6.45) is 1.90. The number of rotatable bonds is 8. The summed E-state index contributed by atoms with van der Waals surface area (Å²) >= 11 is 0. The van der Waals surface area contributed by atoms with Crippen LogP contribution in [0.5, 0.6) is 0 Å². The average Bonchev–Trinajstić information content (AvgIpc) is 2.38. The molecular formula is C12H20N4O3. The van der Waals surface area contributed by atoms with E-state index in [9.17, 15) is 10.1 Å². The van der Waals surface area contributed by atoms with Crippen molar-refractivity contribution in [2.75, 3.05) is 31.4 Å². The number of nitrogens with one attached hydrogen (secondary N) is 2. The van der Waals surface area contributed by atoms with E-state index in [1.807, 2.05) is 0 Å². The van der Waals surface area contributed by atoms with Gasteiger partial charge in [-0.05, 0) is 6.42 Å². The van der Waals surface area contributed by atoms with E-state index in [2.05, 4.69) is 22.5 Å². The molecule has 0 aliphatic rings. The third-order valence-corrected chi connectivity index (χ3v) is 2.63. The number of nitrogens with zero attached hydrogens (tertiary/aromatic N) is 2. The average molecular weight is 268 g/mol. The smallest absolute Gasteiger partial charge is 0.276 e. The van der Waals surface area contributed by atoms with Gasteiger partial charge in [0.25, 0.3) is 5.69 Å². The van der Waals surface area contributed by atoms with Crippen molar-refractivity contribution in [1.82, 2.24) is 4.98 Å². The molecule has 0 spiro atoms. The third kappa shape index (κ3) is 4.70. The van der Waals surface area contributed by atoms with E-state index < -0.39 is 4.92 Å². The minimum absolute atomic E-state index is 0.00881. The normalized spacial score (nSPS) is 11.9. The van der Waals surface area contributed by atoms with E-state index in [4.69, 9.17) is 4.74 Å². The maximum Gasteiger partial charge on any atom is 0.276 e. The molecule has 0 bridgehead atoms. The predicted octanol–water partition coefficient (Wildman–Crippen LogP) is 2.26. The molecule has 1 unspecified atom stereocenters. The molecule has 7 nitrogen and oxygen atoms in total. The summed E-state index contributed by atoms with van der Waals surface area (Å²) < 4.78 is 5.12. The highest BCUT2D eigenvalue weighted by molar-refractivity contribution is 5.54. The van der Waals surface area contributed by atoms with Crippen molar-refractivity contribution in [3.8, 4) is 0 Å². The summed E-state index contributed by atoms with van der Waals surface area (Å²) in [7, 11) is 3.30. The molecule has 106 valence electrons. The molecule has 0 aliphatic carbocycles. The lowest BCUT2D eigenvalue weighted by Crippen LogP contribution is -2.25. The first kappa shape index (κ1) is 15.2. The molecule has 1 heterocycles. The van der Waals surface area contributed by atoms with Crippen LogP contribution in [0.15, 0.2) is 12.1 Å². The fraction of sp³-hybridized carbons (Fsp3) is 0.583. The molecule has 1 atom stereocenters. The zero-order valence-electron chi connectivity index (χ0n) is 11.5. The molecule has 0 radical (unpaired) electrons. The Labute approximate surface area is 112 Å². The van der Waals surface area contributed by atoms with Crippen molar-refractivity contribution >= 4 is 17.3 Å². The van der Waals surface area contributed by atoms with Crippen molar-refractivity contribution in [3.05, 3.63) is 22.2 Å². The van der Waals surface area contributed by atoms with Crippen LogP contribution in [-0.4, -0.2) is 36.7 Å². The summed E-state index contributed by atoms with van der Waals surface area (Å²) in [5, 5.41) is 16.8. The lowest BCUT2D eigenvalue weighted by atomic mass is 10.2. The number of nitro groups is 1. The number of aromatic nitrogens is 1. The maximum absolute atomic E-state index is 10.9. The van der Waals surface area contributed by atoms with Crippen LogP contribution in [0.25, 0.3) is 0 Å². The van der Waals surface area contributed by atoms with Gasteiger partial charge in [-0.1, -0.05) is 13.3 Å². The second kappa shape index (κ2) is 7.52. The van der Waals surface area contributed by atoms with Crippen LogP contribution in [0.1, 0.15) is 19.8 Å². The second-order valence-electron chi connectivity index (χ2n) is 4.19. The van der Waals surface area contributed by atoms with Gasteiger partial charge in [0.2, 0.25) is 0 Å². The Morgan fingerprint density at radius 1 is 1.47 bits per heavy atom. The highest BCUT2D eigenvalue weighted by Crippen LogP contribution is 2.21. The predicted molar refractivity (Wildman–Crippen MR) is 74.6 cm³/mol. The van der Waals surface area contributed by atoms with E-state index in [0.29, 0.717) is 18.2 Å². The zero-order valence-corrected chi connectivity index (χ0v) is 11.5. The molecule has 7 heteroatoms. The monoisotopic (exact) mass is 268 g/mol. The largest absolute Gasteiger partial charge is 0.383 e. The Hall–Kier alpha value is -1.89. The van der Waals surface area contributed by atoms with Gasteiger partial charge in [-0.3, -0.25) is 10.1 Å². The van der Waals surface area contributed by atoms with Crippen LogP contribution in [0, 0.1) is 10.1 Å². The number of pyridine rings is 1. The number of hydrogen-bond donors (Lipinski definition) is 2. The molecule has 0 saturated carbocycles. The Kier molecular flexibility index (Phi) is 6.01. The lowest BCUT2D eigenvalue weighted by molar-refractivity contribution is -0.384. The molecule has 2 N–H and O–H groups in total. The van der Waals surface area contributed by atoms with Crippen molar-refractivity contribution in [1.29, 1.82) is 0 Å². The molecule has 1 aromatic heterocycles. The first-order valence-electron chi connectivity index (χ1n) is 6.20. The van der Waals surface area contributed by atoms with Gasteiger partial charge in [-0.25, -0.2) is 4.98 Å². The van der Waals surface area contributed by atoms with Crippen LogP contribution < -0.4 is 10.6 Å². The zero-order chi connectivity index (χ0) is 14.3. The van der Waals surface area contributed by atoms with Gasteiger partial charge in [-0.15, -0.1) is 0 Å². The number of hydrogen-bond acceptors (Lipinski definition) is 6. The van der Waals surface area contributed by atoms with Crippen LogP contribution in [0.2, 0.25) is 0 Å². The standard InChI is InChI=1S/C12H20N4O3/c1-4-5-9(8-19-3)14-12-7-10(16(17)18)6-11(13-2)15-12/h6-7,9H,4-5,8H2,1-3H3,(H2,13,14,15). The van der Waals surface area contributed by atoms with Crippen molar-refractivity contribution in [2.45, 2.75) is 25.8 Å². The first-order valence-corrected chi connectivity index (χ1v) is 6.20. The highest BCUT2D eigenvalue weighted by Gasteiger charge is 2.13. The van der Waals surface area contributed by atoms with E-state index >= 15 is 0 Å². The topological polar surface area (TPSA) is 89.3 Å². The number of ether oxygens (including phenoxy) is 1. The molecule has 0 aromatic carbocycles. The molecule has 1 rings (SSSR count). The first-order chi connectivity index (χ1) is 9.10. The molecule has 0 saturated heterocycles. The molecule has 0 fully saturated rings. The Bertz CT molecular complexity index is 419. The molecule has 19 heavy (non-hydrogen) atoms. The molecule has 0 aliphatic heterocycles. The third-order valence-electron chi connectivity index (χ3n) is 2.63. The lowest BCUT2D eigenvalue weighted by Gasteiger charge is -2.18. The fourth-order valence-electron chi connectivity index (χ4n) is 1.78. The van der Waals surface area contributed by atoms with Crippen LogP contribution in [0.4, 0.5) is 17.3 Å². The fourth-order valence-corrected chi connectivity index (χ4v) is 1.78. The minimum Gasteiger partial charge on any atom is -0.383 e. The Balaban J connectivity index is 2.91. The number of methoxy groups -OCH3 is 1. The summed E-state index contributed by atoms with van der Waals surface area (Å²) in [6.45, 7) is 2.61. The van der Waals surface area contributed by atoms with E-state index in [0.717, 1.165) is 12.8 Å². The summed E-state index contributed by atoms with van der Waals surface area (Å²) in [6, 6.07) is 2.92. The van der Waals surface area contributed by atoms with Gasteiger partial charge in [0, 0.05) is 14.2 Å². The van der Waals surface area contributed by atoms with Gasteiger partial charge in [0.1, 0.15) is 11.6 Å². The van der Waals surface area contributed by atoms with Crippen molar-refractivity contribution in [2.24, 2.45) is 0 Å². The van der Waals surface area contributed by atoms with Gasteiger partial charge in [0.15, 0.2) is 0 Å².